The molecule has 10 heteroatoms. The molecular formula is C15H16F2N2O5S. The lowest BCUT2D eigenvalue weighted by molar-refractivity contribution is -0.385. The van der Waals surface area contributed by atoms with E-state index in [1.165, 1.54) is 13.8 Å². The molecule has 7 nitrogen and oxygen atoms in total. The number of alkyl halides is 1. The number of aldehydes is 1. The van der Waals surface area contributed by atoms with Gasteiger partial charge in [0, 0.05) is 29.8 Å². The molecule has 0 fully saturated rings. The van der Waals surface area contributed by atoms with Crippen molar-refractivity contribution in [2.24, 2.45) is 4.99 Å². The Hall–Kier alpha value is -2.23. The summed E-state index contributed by atoms with van der Waals surface area (Å²) in [6.07, 6.45) is -0.304. The first-order valence-electron chi connectivity index (χ1n) is 7.26. The van der Waals surface area contributed by atoms with E-state index >= 15 is 0 Å². The lowest BCUT2D eigenvalue weighted by Crippen LogP contribution is -2.56. The van der Waals surface area contributed by atoms with Gasteiger partial charge in [-0.25, -0.2) is 17.2 Å². The minimum absolute atomic E-state index is 0.165. The van der Waals surface area contributed by atoms with Crippen molar-refractivity contribution in [2.75, 3.05) is 12.4 Å². The summed E-state index contributed by atoms with van der Waals surface area (Å²) < 4.78 is 51.2. The fourth-order valence-electron chi connectivity index (χ4n) is 3.06. The first kappa shape index (κ1) is 19.1. The summed E-state index contributed by atoms with van der Waals surface area (Å²) in [6, 6.07) is 2.73. The van der Waals surface area contributed by atoms with Gasteiger partial charge in [-0.1, -0.05) is 0 Å². The predicted octanol–water partition coefficient (Wildman–Crippen LogP) is 2.14. The summed E-state index contributed by atoms with van der Waals surface area (Å²) in [7, 11) is -4.23. The van der Waals surface area contributed by atoms with Gasteiger partial charge in [0.25, 0.3) is 5.69 Å². The molecule has 1 aromatic carbocycles. The third-order valence-corrected chi connectivity index (χ3v) is 7.21. The fraction of sp³-hybridized carbons (Fsp3) is 0.467. The molecule has 2 rings (SSSR count). The normalized spacial score (nSPS) is 28.2. The Balaban J connectivity index is 2.71. The average molecular weight is 374 g/mol. The van der Waals surface area contributed by atoms with Crippen LogP contribution >= 0.6 is 0 Å². The minimum Gasteiger partial charge on any atom is -0.303 e. The number of benzene rings is 1. The number of rotatable bonds is 5. The maximum atomic E-state index is 14.2. The SMILES string of the molecule is CC1=N[C@](C)(c2cc([N+](=O)[O-])ccc2F)CS(=O)(=O)C1(CF)CC=O. The Morgan fingerprint density at radius 1 is 1.44 bits per heavy atom. The van der Waals surface area contributed by atoms with E-state index in [1.807, 2.05) is 0 Å². The number of carbonyl (C=O) groups excluding carboxylic acids is 1. The van der Waals surface area contributed by atoms with Crippen molar-refractivity contribution in [2.45, 2.75) is 30.6 Å². The molecule has 0 aromatic heterocycles. The molecule has 1 aromatic rings. The van der Waals surface area contributed by atoms with Crippen molar-refractivity contribution in [3.05, 3.63) is 39.7 Å². The van der Waals surface area contributed by atoms with Crippen LogP contribution in [0, 0.1) is 15.9 Å². The topological polar surface area (TPSA) is 107 Å². The monoisotopic (exact) mass is 374 g/mol. The molecule has 0 spiro atoms. The standard InChI is InChI=1S/C15H16F2N2O5S/c1-10-15(8-16,5-6-20)25(23,24)9-14(2,18-10)12-7-11(19(21)22)3-4-13(12)17/h3-4,6-7H,5,8-9H2,1-2H3/t14-,15?/m0/s1. The van der Waals surface area contributed by atoms with E-state index in [2.05, 4.69) is 4.99 Å². The van der Waals surface area contributed by atoms with Crippen LogP contribution in [0.25, 0.3) is 0 Å². The first-order chi connectivity index (χ1) is 11.5. The van der Waals surface area contributed by atoms with E-state index < -0.39 is 55.4 Å². The molecule has 1 aliphatic heterocycles. The van der Waals surface area contributed by atoms with E-state index in [9.17, 15) is 32.1 Å². The molecule has 136 valence electrons. The Morgan fingerprint density at radius 3 is 2.56 bits per heavy atom. The zero-order chi connectivity index (χ0) is 19.0. The number of carbonyl (C=O) groups is 1. The highest BCUT2D eigenvalue weighted by Crippen LogP contribution is 2.41. The number of hydrogen-bond acceptors (Lipinski definition) is 6. The van der Waals surface area contributed by atoms with Gasteiger partial charge in [0.05, 0.1) is 16.2 Å². The number of halogens is 2. The van der Waals surface area contributed by atoms with Gasteiger partial charge < -0.3 is 4.79 Å². The highest BCUT2D eigenvalue weighted by atomic mass is 32.2. The third-order valence-electron chi connectivity index (χ3n) is 4.51. The van der Waals surface area contributed by atoms with Crippen molar-refractivity contribution in [1.82, 2.24) is 0 Å². The number of nitrogens with zero attached hydrogens (tertiary/aromatic N) is 2. The lowest BCUT2D eigenvalue weighted by Gasteiger charge is -2.40. The number of hydrogen-bond donors (Lipinski definition) is 0. The predicted molar refractivity (Wildman–Crippen MR) is 86.7 cm³/mol. The number of nitro benzene ring substituents is 1. The zero-order valence-electron chi connectivity index (χ0n) is 13.5. The molecule has 2 atom stereocenters. The van der Waals surface area contributed by atoms with Gasteiger partial charge in [-0.3, -0.25) is 15.1 Å². The number of nitro groups is 1. The highest BCUT2D eigenvalue weighted by molar-refractivity contribution is 7.93. The molecule has 1 unspecified atom stereocenters. The van der Waals surface area contributed by atoms with Crippen molar-refractivity contribution in [3.63, 3.8) is 0 Å². The van der Waals surface area contributed by atoms with Crippen molar-refractivity contribution in [3.8, 4) is 0 Å². The summed E-state index contributed by atoms with van der Waals surface area (Å²) in [4.78, 5) is 25.2. The summed E-state index contributed by atoms with van der Waals surface area (Å²) in [6.45, 7) is 1.23. The number of aliphatic imine (C=N–C) groups is 1. The van der Waals surface area contributed by atoms with Crippen LogP contribution in [0.5, 0.6) is 0 Å². The molecule has 1 heterocycles. The quantitative estimate of drug-likeness (QED) is 0.446. The van der Waals surface area contributed by atoms with Crippen LogP contribution in [-0.4, -0.2) is 42.5 Å². The summed E-state index contributed by atoms with van der Waals surface area (Å²) in [5.41, 5.74) is -2.52. The summed E-state index contributed by atoms with van der Waals surface area (Å²) in [5.74, 6) is -1.63. The van der Waals surface area contributed by atoms with E-state index in [4.69, 9.17) is 0 Å². The Kier molecular flexibility index (Phi) is 4.77. The second-order valence-corrected chi connectivity index (χ2v) is 8.45. The van der Waals surface area contributed by atoms with Gasteiger partial charge >= 0.3 is 0 Å². The van der Waals surface area contributed by atoms with Crippen LogP contribution < -0.4 is 0 Å². The number of sulfone groups is 1. The Labute approximate surface area is 142 Å². The second-order valence-electron chi connectivity index (χ2n) is 6.15. The third kappa shape index (κ3) is 2.94. The summed E-state index contributed by atoms with van der Waals surface area (Å²) in [5, 5.41) is 10.9. The Morgan fingerprint density at radius 2 is 2.08 bits per heavy atom. The van der Waals surface area contributed by atoms with Crippen molar-refractivity contribution in [1.29, 1.82) is 0 Å². The van der Waals surface area contributed by atoms with Gasteiger partial charge in [0.1, 0.15) is 23.5 Å². The molecular weight excluding hydrogens is 358 g/mol. The highest BCUT2D eigenvalue weighted by Gasteiger charge is 2.54. The van der Waals surface area contributed by atoms with E-state index in [1.54, 1.807) is 0 Å². The van der Waals surface area contributed by atoms with Gasteiger partial charge in [0.2, 0.25) is 0 Å². The molecule has 0 amide bonds. The maximum absolute atomic E-state index is 14.2. The average Bonchev–Trinajstić information content (AvgIpc) is 2.50. The molecule has 0 N–H and O–H groups in total. The molecule has 1 aliphatic rings. The van der Waals surface area contributed by atoms with E-state index in [0.717, 1.165) is 18.2 Å². The minimum atomic E-state index is -4.23. The lowest BCUT2D eigenvalue weighted by atomic mass is 9.91. The first-order valence-corrected chi connectivity index (χ1v) is 8.91. The van der Waals surface area contributed by atoms with Crippen LogP contribution in [0.3, 0.4) is 0 Å². The molecule has 0 saturated carbocycles. The van der Waals surface area contributed by atoms with E-state index in [0.29, 0.717) is 6.29 Å². The van der Waals surface area contributed by atoms with Crippen LogP contribution in [0.2, 0.25) is 0 Å². The smallest absolute Gasteiger partial charge is 0.270 e. The molecule has 0 bridgehead atoms. The van der Waals surface area contributed by atoms with Crippen molar-refractivity contribution < 1.29 is 26.9 Å². The Bertz CT molecular complexity index is 871. The molecule has 25 heavy (non-hydrogen) atoms. The number of non-ortho nitro benzene ring substituents is 1. The van der Waals surface area contributed by atoms with Gasteiger partial charge in [-0.15, -0.1) is 0 Å². The van der Waals surface area contributed by atoms with Gasteiger partial charge in [-0.05, 0) is 19.9 Å². The van der Waals surface area contributed by atoms with Crippen LogP contribution in [-0.2, 0) is 20.2 Å². The van der Waals surface area contributed by atoms with Crippen LogP contribution in [0.4, 0.5) is 14.5 Å². The zero-order valence-corrected chi connectivity index (χ0v) is 14.3. The largest absolute Gasteiger partial charge is 0.303 e. The van der Waals surface area contributed by atoms with Crippen LogP contribution in [0.15, 0.2) is 23.2 Å². The van der Waals surface area contributed by atoms with Gasteiger partial charge in [-0.2, -0.15) is 0 Å². The molecule has 0 radical (unpaired) electrons. The fourth-order valence-corrected chi connectivity index (χ4v) is 5.28. The van der Waals surface area contributed by atoms with E-state index in [-0.39, 0.29) is 11.3 Å². The molecule has 0 aliphatic carbocycles. The second kappa shape index (κ2) is 6.25. The van der Waals surface area contributed by atoms with Crippen LogP contribution in [0.1, 0.15) is 25.8 Å². The van der Waals surface area contributed by atoms with Gasteiger partial charge in [0.15, 0.2) is 9.84 Å². The molecule has 0 saturated heterocycles. The maximum Gasteiger partial charge on any atom is 0.270 e. The summed E-state index contributed by atoms with van der Waals surface area (Å²) >= 11 is 0. The van der Waals surface area contributed by atoms with Crippen molar-refractivity contribution >= 4 is 27.5 Å².